The Labute approximate surface area is 192 Å². The first-order chi connectivity index (χ1) is 15.2. The summed E-state index contributed by atoms with van der Waals surface area (Å²) in [6.45, 7) is 10.4. The van der Waals surface area contributed by atoms with Gasteiger partial charge in [0.25, 0.3) is 0 Å². The first-order valence-electron chi connectivity index (χ1n) is 11.7. The Kier molecular flexibility index (Phi) is 6.48. The van der Waals surface area contributed by atoms with Gasteiger partial charge in [0.15, 0.2) is 5.78 Å². The first-order valence-corrected chi connectivity index (χ1v) is 11.7. The number of carbonyl (C=O) groups is 1. The van der Waals surface area contributed by atoms with E-state index in [1.165, 1.54) is 0 Å². The largest absolute Gasteiger partial charge is 0.466 e. The predicted molar refractivity (Wildman–Crippen MR) is 128 cm³/mol. The number of ketones is 1. The highest BCUT2D eigenvalue weighted by Crippen LogP contribution is 2.48. The number of benzene rings is 2. The van der Waals surface area contributed by atoms with Gasteiger partial charge in [0.05, 0.1) is 28.8 Å². The van der Waals surface area contributed by atoms with E-state index in [1.54, 1.807) is 5.06 Å². The van der Waals surface area contributed by atoms with Gasteiger partial charge >= 0.3 is 7.12 Å². The highest BCUT2D eigenvalue weighted by molar-refractivity contribution is 6.49. The van der Waals surface area contributed by atoms with Gasteiger partial charge in [-0.3, -0.25) is 9.63 Å². The summed E-state index contributed by atoms with van der Waals surface area (Å²) >= 11 is 0. The third kappa shape index (κ3) is 4.24. The normalized spacial score (nSPS) is 26.5. The Bertz CT molecular complexity index is 902. The number of hydrogen-bond donors (Lipinski definition) is 0. The lowest BCUT2D eigenvalue weighted by molar-refractivity contribution is 0.00578. The molecule has 2 aliphatic rings. The van der Waals surface area contributed by atoms with Crippen LogP contribution in [0.15, 0.2) is 60.7 Å². The lowest BCUT2D eigenvalue weighted by atomic mass is 9.63. The Morgan fingerprint density at radius 3 is 2.06 bits per heavy atom. The van der Waals surface area contributed by atoms with E-state index >= 15 is 0 Å². The fourth-order valence-corrected chi connectivity index (χ4v) is 4.51. The minimum atomic E-state index is -0.545. The van der Waals surface area contributed by atoms with Crippen molar-refractivity contribution in [3.8, 4) is 0 Å². The molecule has 0 radical (unpaired) electrons. The molecule has 5 nitrogen and oxygen atoms in total. The highest BCUT2D eigenvalue weighted by Gasteiger charge is 2.61. The van der Waals surface area contributed by atoms with Gasteiger partial charge in [0.1, 0.15) is 6.04 Å². The smallest absolute Gasteiger partial charge is 0.403 e. The monoisotopic (exact) mass is 435 g/mol. The lowest BCUT2D eigenvalue weighted by Gasteiger charge is -2.32. The summed E-state index contributed by atoms with van der Waals surface area (Å²) in [7, 11) is -0.534. The highest BCUT2D eigenvalue weighted by atomic mass is 16.7. The molecule has 2 heterocycles. The zero-order valence-corrected chi connectivity index (χ0v) is 19.8. The second-order valence-corrected chi connectivity index (χ2v) is 9.82. The average Bonchev–Trinajstić information content (AvgIpc) is 3.26. The summed E-state index contributed by atoms with van der Waals surface area (Å²) in [6, 6.07) is 18.8. The molecule has 0 saturated carbocycles. The number of nitrogens with zero attached hydrogens (tertiary/aromatic N) is 1. The van der Waals surface area contributed by atoms with Gasteiger partial charge in [-0.1, -0.05) is 68.3 Å². The Balaban J connectivity index is 1.77. The SMILES string of the molecule is CCCC[C@H]1ON(c2ccccc2)[C@@H](C(=O)c2ccccc2)[C@@H]1B1OC(C)(C)C(C)(C)O1. The van der Waals surface area contributed by atoms with Gasteiger partial charge in [0, 0.05) is 5.56 Å². The van der Waals surface area contributed by atoms with Gasteiger partial charge < -0.3 is 9.31 Å². The van der Waals surface area contributed by atoms with Crippen LogP contribution >= 0.6 is 0 Å². The van der Waals surface area contributed by atoms with Crippen LogP contribution in [-0.2, 0) is 14.1 Å². The van der Waals surface area contributed by atoms with Gasteiger partial charge in [-0.2, -0.15) is 0 Å². The van der Waals surface area contributed by atoms with Crippen molar-refractivity contribution in [2.45, 2.75) is 83.0 Å². The van der Waals surface area contributed by atoms with Crippen molar-refractivity contribution < 1.29 is 18.9 Å². The molecule has 170 valence electrons. The fourth-order valence-electron chi connectivity index (χ4n) is 4.51. The van der Waals surface area contributed by atoms with E-state index < -0.39 is 24.4 Å². The van der Waals surface area contributed by atoms with E-state index in [0.29, 0.717) is 5.56 Å². The van der Waals surface area contributed by atoms with Gasteiger partial charge in [0.2, 0.25) is 0 Å². The van der Waals surface area contributed by atoms with Crippen LogP contribution in [0.4, 0.5) is 5.69 Å². The summed E-state index contributed by atoms with van der Waals surface area (Å²) in [5, 5.41) is 1.80. The summed E-state index contributed by atoms with van der Waals surface area (Å²) in [4.78, 5) is 20.4. The van der Waals surface area contributed by atoms with Crippen LogP contribution in [0.2, 0.25) is 5.82 Å². The summed E-state index contributed by atoms with van der Waals surface area (Å²) < 4.78 is 13.0. The molecule has 2 aromatic rings. The second kappa shape index (κ2) is 9.01. The van der Waals surface area contributed by atoms with E-state index in [0.717, 1.165) is 24.9 Å². The topological polar surface area (TPSA) is 48.0 Å². The number of hydrogen-bond acceptors (Lipinski definition) is 5. The molecule has 0 amide bonds. The molecular weight excluding hydrogens is 401 g/mol. The maximum atomic E-state index is 13.9. The second-order valence-electron chi connectivity index (χ2n) is 9.82. The van der Waals surface area contributed by atoms with Crippen LogP contribution in [-0.4, -0.2) is 36.2 Å². The lowest BCUT2D eigenvalue weighted by Crippen LogP contribution is -2.44. The molecule has 2 aliphatic heterocycles. The zero-order chi connectivity index (χ0) is 22.9. The molecule has 3 atom stereocenters. The molecule has 2 saturated heterocycles. The van der Waals surface area contributed by atoms with Crippen molar-refractivity contribution in [2.24, 2.45) is 0 Å². The van der Waals surface area contributed by atoms with Crippen LogP contribution in [0.3, 0.4) is 0 Å². The molecule has 2 fully saturated rings. The third-order valence-electron chi connectivity index (χ3n) is 7.06. The minimum absolute atomic E-state index is 0.0214. The Morgan fingerprint density at radius 1 is 0.938 bits per heavy atom. The molecule has 0 aromatic heterocycles. The molecule has 32 heavy (non-hydrogen) atoms. The number of Topliss-reactive ketones (excluding diaryl/α,β-unsaturated/α-hetero) is 1. The number of hydroxylamine groups is 1. The van der Waals surface area contributed by atoms with E-state index in [1.807, 2.05) is 88.4 Å². The van der Waals surface area contributed by atoms with Crippen molar-refractivity contribution in [3.05, 3.63) is 66.2 Å². The van der Waals surface area contributed by atoms with Crippen LogP contribution in [0.25, 0.3) is 0 Å². The standard InChI is InChI=1S/C26H34BNO4/c1-6-7-18-21-22(27-31-25(2,3)26(4,5)32-27)23(24(29)19-14-10-8-11-15-19)28(30-21)20-16-12-9-13-17-20/h8-17,21-23H,6-7,18H2,1-5H3/t21-,22-,23-/m1/s1. The predicted octanol–water partition coefficient (Wildman–Crippen LogP) is 5.71. The average molecular weight is 435 g/mol. The number of para-hydroxylation sites is 1. The summed E-state index contributed by atoms with van der Waals surface area (Å²) in [5.74, 6) is -0.233. The molecule has 0 bridgehead atoms. The molecule has 0 N–H and O–H groups in total. The molecule has 0 spiro atoms. The number of anilines is 1. The maximum absolute atomic E-state index is 13.9. The van der Waals surface area contributed by atoms with Crippen molar-refractivity contribution in [1.82, 2.24) is 0 Å². The summed E-state index contributed by atoms with van der Waals surface area (Å²) in [6.07, 6.45) is 2.73. The van der Waals surface area contributed by atoms with E-state index in [9.17, 15) is 4.79 Å². The molecule has 0 aliphatic carbocycles. The summed E-state index contributed by atoms with van der Waals surface area (Å²) in [5.41, 5.74) is 0.572. The minimum Gasteiger partial charge on any atom is -0.403 e. The quantitative estimate of drug-likeness (QED) is 0.412. The first kappa shape index (κ1) is 23.0. The molecular formula is C26H34BNO4. The van der Waals surface area contributed by atoms with Gasteiger partial charge in [-0.15, -0.1) is 0 Å². The van der Waals surface area contributed by atoms with Crippen LogP contribution in [0.1, 0.15) is 64.2 Å². The maximum Gasteiger partial charge on any atom is 0.466 e. The van der Waals surface area contributed by atoms with Gasteiger partial charge in [-0.25, -0.2) is 5.06 Å². The Morgan fingerprint density at radius 2 is 1.50 bits per heavy atom. The number of rotatable bonds is 7. The van der Waals surface area contributed by atoms with Crippen LogP contribution in [0, 0.1) is 0 Å². The Hall–Kier alpha value is -2.15. The zero-order valence-electron chi connectivity index (χ0n) is 19.8. The molecule has 4 rings (SSSR count). The molecule has 6 heteroatoms. The third-order valence-corrected chi connectivity index (χ3v) is 7.06. The van der Waals surface area contributed by atoms with E-state index in [4.69, 9.17) is 14.1 Å². The van der Waals surface area contributed by atoms with Crippen molar-refractivity contribution in [3.63, 3.8) is 0 Å². The molecule has 0 unspecified atom stereocenters. The van der Waals surface area contributed by atoms with Crippen LogP contribution in [0.5, 0.6) is 0 Å². The van der Waals surface area contributed by atoms with E-state index in [2.05, 4.69) is 6.92 Å². The number of unbranched alkanes of at least 4 members (excludes halogenated alkanes) is 1. The van der Waals surface area contributed by atoms with Crippen molar-refractivity contribution >= 4 is 18.6 Å². The van der Waals surface area contributed by atoms with Crippen molar-refractivity contribution in [1.29, 1.82) is 0 Å². The fraction of sp³-hybridized carbons (Fsp3) is 0.500. The van der Waals surface area contributed by atoms with Crippen LogP contribution < -0.4 is 5.06 Å². The van der Waals surface area contributed by atoms with Gasteiger partial charge in [-0.05, 0) is 46.2 Å². The van der Waals surface area contributed by atoms with Crippen molar-refractivity contribution in [2.75, 3.05) is 5.06 Å². The number of carbonyl (C=O) groups excluding carboxylic acids is 1. The van der Waals surface area contributed by atoms with E-state index in [-0.39, 0.29) is 17.7 Å². The molecule has 2 aromatic carbocycles.